The molecule has 0 saturated heterocycles. The number of ketones is 2. The molecule has 0 aromatic heterocycles. The number of carbonyl (C=O) groups is 2. The molecule has 1 unspecified atom stereocenters. The highest BCUT2D eigenvalue weighted by molar-refractivity contribution is 6.08. The third-order valence-electron chi connectivity index (χ3n) is 4.40. The summed E-state index contributed by atoms with van der Waals surface area (Å²) in [6.07, 6.45) is 1.97. The van der Waals surface area contributed by atoms with E-state index in [0.717, 1.165) is 24.0 Å². The number of Topliss-reactive ketones (excluding diaryl/α,β-unsaturated/α-hetero) is 2. The van der Waals surface area contributed by atoms with Gasteiger partial charge in [-0.25, -0.2) is 0 Å². The van der Waals surface area contributed by atoms with E-state index in [1.807, 2.05) is 31.2 Å². The highest BCUT2D eigenvalue weighted by atomic mass is 16.1. The molecular weight excluding hydrogens is 248 g/mol. The molecule has 2 aromatic carbocycles. The number of rotatable bonds is 2. The number of benzene rings is 2. The van der Waals surface area contributed by atoms with E-state index in [9.17, 15) is 9.59 Å². The Morgan fingerprint density at radius 3 is 2.70 bits per heavy atom. The minimum Gasteiger partial charge on any atom is -0.300 e. The first kappa shape index (κ1) is 13.0. The van der Waals surface area contributed by atoms with E-state index in [4.69, 9.17) is 0 Å². The molecule has 0 saturated carbocycles. The normalized spacial score (nSPS) is 21.8. The molecular formula is C18H18O2. The van der Waals surface area contributed by atoms with Crippen molar-refractivity contribution in [1.82, 2.24) is 0 Å². The largest absolute Gasteiger partial charge is 0.300 e. The van der Waals surface area contributed by atoms with E-state index in [1.54, 1.807) is 6.92 Å². The van der Waals surface area contributed by atoms with Gasteiger partial charge in [0.1, 0.15) is 5.78 Å². The van der Waals surface area contributed by atoms with Crippen molar-refractivity contribution in [3.63, 3.8) is 0 Å². The molecule has 0 radical (unpaired) electrons. The molecule has 0 bridgehead atoms. The summed E-state index contributed by atoms with van der Waals surface area (Å²) >= 11 is 0. The van der Waals surface area contributed by atoms with Crippen LogP contribution in [0.25, 0.3) is 10.8 Å². The number of fused-ring (bicyclic) bond motifs is 3. The summed E-state index contributed by atoms with van der Waals surface area (Å²) in [4.78, 5) is 24.2. The topological polar surface area (TPSA) is 34.1 Å². The predicted molar refractivity (Wildman–Crippen MR) is 80.0 cm³/mol. The minimum atomic E-state index is -0.526. The molecule has 3 rings (SSSR count). The molecule has 0 aliphatic heterocycles. The Hall–Kier alpha value is -1.96. The smallest absolute Gasteiger partial charge is 0.169 e. The molecule has 0 spiro atoms. The number of hydrogen-bond donors (Lipinski definition) is 0. The van der Waals surface area contributed by atoms with Crippen molar-refractivity contribution in [2.45, 2.75) is 33.1 Å². The van der Waals surface area contributed by atoms with Crippen molar-refractivity contribution in [1.29, 1.82) is 0 Å². The second kappa shape index (κ2) is 4.55. The average molecular weight is 266 g/mol. The molecule has 1 aliphatic carbocycles. The second-order valence-electron chi connectivity index (χ2n) is 6.08. The van der Waals surface area contributed by atoms with Gasteiger partial charge in [-0.15, -0.1) is 0 Å². The molecule has 20 heavy (non-hydrogen) atoms. The van der Waals surface area contributed by atoms with Gasteiger partial charge in [0.2, 0.25) is 0 Å². The second-order valence-corrected chi connectivity index (χ2v) is 6.08. The van der Waals surface area contributed by atoms with Gasteiger partial charge in [0, 0.05) is 17.4 Å². The van der Waals surface area contributed by atoms with Gasteiger partial charge in [-0.3, -0.25) is 9.59 Å². The van der Waals surface area contributed by atoms with Crippen LogP contribution in [0, 0.1) is 5.41 Å². The minimum absolute atomic E-state index is 0.0880. The zero-order valence-electron chi connectivity index (χ0n) is 11.9. The Kier molecular flexibility index (Phi) is 2.97. The van der Waals surface area contributed by atoms with Crippen LogP contribution in [0.3, 0.4) is 0 Å². The summed E-state index contributed by atoms with van der Waals surface area (Å²) < 4.78 is 0. The lowest BCUT2D eigenvalue weighted by atomic mass is 9.68. The average Bonchev–Trinajstić information content (AvgIpc) is 2.42. The van der Waals surface area contributed by atoms with Crippen molar-refractivity contribution in [3.05, 3.63) is 47.5 Å². The highest BCUT2D eigenvalue weighted by Crippen LogP contribution is 2.40. The van der Waals surface area contributed by atoms with Gasteiger partial charge in [-0.05, 0) is 36.1 Å². The fourth-order valence-corrected chi connectivity index (χ4v) is 3.38. The van der Waals surface area contributed by atoms with Crippen LogP contribution in [0.1, 0.15) is 42.6 Å². The maximum atomic E-state index is 12.8. The monoisotopic (exact) mass is 266 g/mol. The van der Waals surface area contributed by atoms with Crippen LogP contribution >= 0.6 is 0 Å². The first-order valence-electron chi connectivity index (χ1n) is 7.06. The summed E-state index contributed by atoms with van der Waals surface area (Å²) in [5.41, 5.74) is 1.43. The summed E-state index contributed by atoms with van der Waals surface area (Å²) in [6.45, 7) is 3.49. The fraction of sp³-hybridized carbons (Fsp3) is 0.333. The van der Waals surface area contributed by atoms with E-state index in [0.29, 0.717) is 6.42 Å². The van der Waals surface area contributed by atoms with E-state index in [1.165, 1.54) is 10.8 Å². The van der Waals surface area contributed by atoms with Gasteiger partial charge in [0.25, 0.3) is 0 Å². The fourth-order valence-electron chi connectivity index (χ4n) is 3.38. The predicted octanol–water partition coefficient (Wildman–Crippen LogP) is 3.95. The lowest BCUT2D eigenvalue weighted by Gasteiger charge is -2.33. The molecule has 1 aliphatic rings. The van der Waals surface area contributed by atoms with Gasteiger partial charge in [-0.1, -0.05) is 43.3 Å². The lowest BCUT2D eigenvalue weighted by Crippen LogP contribution is -2.35. The maximum absolute atomic E-state index is 12.8. The maximum Gasteiger partial charge on any atom is 0.169 e. The summed E-state index contributed by atoms with van der Waals surface area (Å²) in [5.74, 6) is 0.213. The van der Waals surface area contributed by atoms with Gasteiger partial charge in [-0.2, -0.15) is 0 Å². The van der Waals surface area contributed by atoms with Crippen LogP contribution in [0.2, 0.25) is 0 Å². The molecule has 0 heterocycles. The summed E-state index contributed by atoms with van der Waals surface area (Å²) in [6, 6.07) is 12.1. The van der Waals surface area contributed by atoms with Crippen LogP contribution in [-0.2, 0) is 11.2 Å². The zero-order valence-corrected chi connectivity index (χ0v) is 11.9. The van der Waals surface area contributed by atoms with Crippen molar-refractivity contribution < 1.29 is 9.59 Å². The Morgan fingerprint density at radius 1 is 1.20 bits per heavy atom. The van der Waals surface area contributed by atoms with Crippen LogP contribution in [-0.4, -0.2) is 11.6 Å². The van der Waals surface area contributed by atoms with E-state index in [-0.39, 0.29) is 11.6 Å². The Morgan fingerprint density at radius 2 is 1.95 bits per heavy atom. The van der Waals surface area contributed by atoms with Gasteiger partial charge in [0.15, 0.2) is 5.78 Å². The number of carbonyl (C=O) groups excluding carboxylic acids is 2. The number of aryl methyl sites for hydroxylation is 1. The first-order valence-corrected chi connectivity index (χ1v) is 7.06. The van der Waals surface area contributed by atoms with Crippen LogP contribution in [0.4, 0.5) is 0 Å². The molecule has 0 amide bonds. The SMILES string of the molecule is CC(=O)CC1(C)CCc2c(ccc3ccccc23)C1=O. The molecule has 102 valence electrons. The summed E-state index contributed by atoms with van der Waals surface area (Å²) in [7, 11) is 0. The Labute approximate surface area is 118 Å². The molecule has 1 atom stereocenters. The summed E-state index contributed by atoms with van der Waals surface area (Å²) in [5, 5.41) is 2.34. The third kappa shape index (κ3) is 1.96. The molecule has 0 fully saturated rings. The zero-order chi connectivity index (χ0) is 14.3. The highest BCUT2D eigenvalue weighted by Gasteiger charge is 2.39. The van der Waals surface area contributed by atoms with Crippen molar-refractivity contribution in [2.24, 2.45) is 5.41 Å². The Balaban J connectivity index is 2.13. The van der Waals surface area contributed by atoms with E-state index in [2.05, 4.69) is 12.1 Å². The van der Waals surface area contributed by atoms with Crippen molar-refractivity contribution in [3.8, 4) is 0 Å². The Bertz CT molecular complexity index is 714. The van der Waals surface area contributed by atoms with E-state index >= 15 is 0 Å². The van der Waals surface area contributed by atoms with Crippen molar-refractivity contribution in [2.75, 3.05) is 0 Å². The van der Waals surface area contributed by atoms with E-state index < -0.39 is 5.41 Å². The molecule has 2 nitrogen and oxygen atoms in total. The quantitative estimate of drug-likeness (QED) is 0.824. The molecule has 0 N–H and O–H groups in total. The molecule has 2 heteroatoms. The lowest BCUT2D eigenvalue weighted by molar-refractivity contribution is -0.118. The molecule has 2 aromatic rings. The van der Waals surface area contributed by atoms with Crippen LogP contribution in [0.15, 0.2) is 36.4 Å². The van der Waals surface area contributed by atoms with Crippen LogP contribution in [0.5, 0.6) is 0 Å². The van der Waals surface area contributed by atoms with Gasteiger partial charge >= 0.3 is 0 Å². The van der Waals surface area contributed by atoms with Crippen LogP contribution < -0.4 is 0 Å². The van der Waals surface area contributed by atoms with Gasteiger partial charge < -0.3 is 0 Å². The third-order valence-corrected chi connectivity index (χ3v) is 4.40. The standard InChI is InChI=1S/C18H18O2/c1-12(19)11-18(2)10-9-15-14-6-4-3-5-13(14)7-8-16(15)17(18)20/h3-8H,9-11H2,1-2H3. The van der Waals surface area contributed by atoms with Crippen molar-refractivity contribution >= 4 is 22.3 Å². The first-order chi connectivity index (χ1) is 9.51. The number of hydrogen-bond acceptors (Lipinski definition) is 2. The van der Waals surface area contributed by atoms with Gasteiger partial charge in [0.05, 0.1) is 0 Å².